The summed E-state index contributed by atoms with van der Waals surface area (Å²) >= 11 is 6.31. The van der Waals surface area contributed by atoms with E-state index in [4.69, 9.17) is 11.6 Å². The average Bonchev–Trinajstić information content (AvgIpc) is 3.50. The van der Waals surface area contributed by atoms with E-state index in [9.17, 15) is 9.18 Å². The molecule has 0 bridgehead atoms. The van der Waals surface area contributed by atoms with Crippen molar-refractivity contribution < 1.29 is 9.18 Å². The fraction of sp³-hybridized carbons (Fsp3) is 0.458. The van der Waals surface area contributed by atoms with Gasteiger partial charge >= 0.3 is 0 Å². The maximum atomic E-state index is 14.7. The molecular formula is C24H27ClFN3O. The molecule has 1 amide bonds. The van der Waals surface area contributed by atoms with Crippen molar-refractivity contribution in [2.24, 2.45) is 0 Å². The van der Waals surface area contributed by atoms with Crippen LogP contribution in [0.3, 0.4) is 0 Å². The summed E-state index contributed by atoms with van der Waals surface area (Å²) in [7, 11) is 0. The molecule has 158 valence electrons. The van der Waals surface area contributed by atoms with Crippen LogP contribution >= 0.6 is 11.6 Å². The molecule has 1 saturated carbocycles. The van der Waals surface area contributed by atoms with Gasteiger partial charge in [0, 0.05) is 36.3 Å². The van der Waals surface area contributed by atoms with Crippen LogP contribution in [0.25, 0.3) is 0 Å². The Balaban J connectivity index is 1.39. The molecule has 30 heavy (non-hydrogen) atoms. The Morgan fingerprint density at radius 3 is 2.60 bits per heavy atom. The lowest BCUT2D eigenvalue weighted by Gasteiger charge is -2.40. The number of halogens is 2. The second-order valence-corrected chi connectivity index (χ2v) is 9.10. The van der Waals surface area contributed by atoms with Crippen LogP contribution in [0.1, 0.15) is 36.8 Å². The molecule has 1 saturated heterocycles. The van der Waals surface area contributed by atoms with Gasteiger partial charge in [0.1, 0.15) is 5.82 Å². The van der Waals surface area contributed by atoms with Crippen LogP contribution in [0.15, 0.2) is 36.4 Å². The number of nitrogens with zero attached hydrogens (tertiary/aromatic N) is 3. The van der Waals surface area contributed by atoms with E-state index >= 15 is 0 Å². The van der Waals surface area contributed by atoms with E-state index < -0.39 is 0 Å². The van der Waals surface area contributed by atoms with Gasteiger partial charge in [-0.05, 0) is 62.9 Å². The highest BCUT2D eigenvalue weighted by atomic mass is 35.5. The highest BCUT2D eigenvalue weighted by Gasteiger charge is 2.39. The molecular weight excluding hydrogens is 401 g/mol. The van der Waals surface area contributed by atoms with E-state index in [0.29, 0.717) is 35.3 Å². The lowest BCUT2D eigenvalue weighted by Crippen LogP contribution is -2.51. The predicted molar refractivity (Wildman–Crippen MR) is 119 cm³/mol. The maximum Gasteiger partial charge on any atom is 0.244 e. The summed E-state index contributed by atoms with van der Waals surface area (Å²) in [5.41, 5.74) is 3.25. The monoisotopic (exact) mass is 427 g/mol. The van der Waals surface area contributed by atoms with Crippen molar-refractivity contribution in [2.45, 2.75) is 51.2 Å². The summed E-state index contributed by atoms with van der Waals surface area (Å²) in [6, 6.07) is 12.1. The topological polar surface area (TPSA) is 26.8 Å². The molecule has 0 N–H and O–H groups in total. The van der Waals surface area contributed by atoms with Crippen molar-refractivity contribution in [1.29, 1.82) is 0 Å². The molecule has 6 heteroatoms. The zero-order valence-electron chi connectivity index (χ0n) is 17.3. The quantitative estimate of drug-likeness (QED) is 0.703. The smallest absolute Gasteiger partial charge is 0.244 e. The Morgan fingerprint density at radius 1 is 1.07 bits per heavy atom. The van der Waals surface area contributed by atoms with Crippen molar-refractivity contribution in [3.8, 4) is 0 Å². The van der Waals surface area contributed by atoms with Crippen molar-refractivity contribution in [2.75, 3.05) is 29.4 Å². The zero-order valence-corrected chi connectivity index (χ0v) is 18.0. The number of hydrogen-bond acceptors (Lipinski definition) is 3. The molecule has 3 aliphatic rings. The van der Waals surface area contributed by atoms with Crippen LogP contribution in [0.2, 0.25) is 5.02 Å². The number of aryl methyl sites for hydroxylation is 1. The number of amides is 1. The molecule has 1 aliphatic carbocycles. The number of carbonyl (C=O) groups excluding carboxylic acids is 1. The normalized spacial score (nSPS) is 21.8. The summed E-state index contributed by atoms with van der Waals surface area (Å²) in [4.78, 5) is 20.1. The SMILES string of the molecule is Cc1ccc(Cl)c(CN2CCC[C@H]2C(=O)N2CCN(C3CC3)c3ccccc32)c1F. The number of fused-ring (bicyclic) bond motifs is 1. The molecule has 0 spiro atoms. The van der Waals surface area contributed by atoms with Gasteiger partial charge in [0.15, 0.2) is 0 Å². The van der Waals surface area contributed by atoms with Crippen LogP contribution in [0.5, 0.6) is 0 Å². The van der Waals surface area contributed by atoms with Gasteiger partial charge in [-0.1, -0.05) is 29.8 Å². The lowest BCUT2D eigenvalue weighted by molar-refractivity contribution is -0.123. The standard InChI is InChI=1S/C24H27ClFN3O/c1-16-8-11-19(25)18(23(16)26)15-27-12-4-7-22(27)24(30)29-14-13-28(17-9-10-17)20-5-2-3-6-21(20)29/h2-3,5-6,8,11,17,22H,4,7,9-10,12-15H2,1H3/t22-/m0/s1. The molecule has 0 unspecified atom stereocenters. The number of anilines is 2. The third-order valence-corrected chi connectivity index (χ3v) is 7.04. The van der Waals surface area contributed by atoms with E-state index in [-0.39, 0.29) is 17.8 Å². The van der Waals surface area contributed by atoms with Gasteiger partial charge in [-0.2, -0.15) is 0 Å². The molecule has 5 rings (SSSR count). The summed E-state index contributed by atoms with van der Waals surface area (Å²) in [5.74, 6) is -0.136. The van der Waals surface area contributed by atoms with Crippen LogP contribution in [0, 0.1) is 12.7 Å². The number of para-hydroxylation sites is 2. The Kier molecular flexibility index (Phi) is 5.19. The van der Waals surface area contributed by atoms with Gasteiger partial charge in [-0.25, -0.2) is 4.39 Å². The third kappa shape index (κ3) is 3.48. The second-order valence-electron chi connectivity index (χ2n) is 8.69. The first-order chi connectivity index (χ1) is 14.5. The molecule has 0 radical (unpaired) electrons. The maximum absolute atomic E-state index is 14.7. The number of hydrogen-bond donors (Lipinski definition) is 0. The number of likely N-dealkylation sites (tertiary alicyclic amines) is 1. The van der Waals surface area contributed by atoms with Crippen LogP contribution in [0.4, 0.5) is 15.8 Å². The zero-order chi connectivity index (χ0) is 20.8. The van der Waals surface area contributed by atoms with E-state index in [1.807, 2.05) is 17.0 Å². The van der Waals surface area contributed by atoms with Crippen LogP contribution in [-0.2, 0) is 11.3 Å². The fourth-order valence-corrected chi connectivity index (χ4v) is 5.12. The summed E-state index contributed by atoms with van der Waals surface area (Å²) in [6.45, 7) is 4.48. The summed E-state index contributed by atoms with van der Waals surface area (Å²) in [6.07, 6.45) is 4.21. The second kappa shape index (κ2) is 7.86. The first-order valence-corrected chi connectivity index (χ1v) is 11.3. The molecule has 1 atom stereocenters. The van der Waals surface area contributed by atoms with Gasteiger partial charge < -0.3 is 9.80 Å². The van der Waals surface area contributed by atoms with E-state index in [1.165, 1.54) is 12.8 Å². The molecule has 2 aliphatic heterocycles. The van der Waals surface area contributed by atoms with Gasteiger partial charge in [0.2, 0.25) is 5.91 Å². The van der Waals surface area contributed by atoms with Crippen LogP contribution < -0.4 is 9.80 Å². The summed E-state index contributed by atoms with van der Waals surface area (Å²) < 4.78 is 14.7. The minimum Gasteiger partial charge on any atom is -0.365 e. The third-order valence-electron chi connectivity index (χ3n) is 6.69. The lowest BCUT2D eigenvalue weighted by atomic mass is 10.1. The highest BCUT2D eigenvalue weighted by molar-refractivity contribution is 6.31. The fourth-order valence-electron chi connectivity index (χ4n) is 4.92. The minimum absolute atomic E-state index is 0.125. The Morgan fingerprint density at radius 2 is 1.83 bits per heavy atom. The molecule has 4 nitrogen and oxygen atoms in total. The van der Waals surface area contributed by atoms with Crippen molar-refractivity contribution in [3.05, 3.63) is 58.4 Å². The van der Waals surface area contributed by atoms with Gasteiger partial charge in [-0.15, -0.1) is 0 Å². The molecule has 0 aromatic heterocycles. The number of rotatable bonds is 4. The molecule has 2 aromatic carbocycles. The highest BCUT2D eigenvalue weighted by Crippen LogP contribution is 2.40. The van der Waals surface area contributed by atoms with Crippen molar-refractivity contribution in [3.63, 3.8) is 0 Å². The van der Waals surface area contributed by atoms with Crippen LogP contribution in [-0.4, -0.2) is 42.5 Å². The van der Waals surface area contributed by atoms with E-state index in [2.05, 4.69) is 21.9 Å². The molecule has 2 aromatic rings. The largest absolute Gasteiger partial charge is 0.365 e. The first kappa shape index (κ1) is 19.8. The van der Waals surface area contributed by atoms with Crippen molar-refractivity contribution in [1.82, 2.24) is 4.90 Å². The number of carbonyl (C=O) groups is 1. The Labute approximate surface area is 182 Å². The van der Waals surface area contributed by atoms with Gasteiger partial charge in [0.25, 0.3) is 0 Å². The minimum atomic E-state index is -0.260. The predicted octanol–water partition coefficient (Wildman–Crippen LogP) is 4.77. The Bertz CT molecular complexity index is 977. The average molecular weight is 428 g/mol. The molecule has 2 fully saturated rings. The van der Waals surface area contributed by atoms with Crippen molar-refractivity contribution >= 4 is 28.9 Å². The Hall–Kier alpha value is -2.11. The van der Waals surface area contributed by atoms with Gasteiger partial charge in [-0.3, -0.25) is 9.69 Å². The van der Waals surface area contributed by atoms with Gasteiger partial charge in [0.05, 0.1) is 17.4 Å². The number of benzene rings is 2. The van der Waals surface area contributed by atoms with E-state index in [0.717, 1.165) is 37.3 Å². The van der Waals surface area contributed by atoms with E-state index in [1.54, 1.807) is 19.1 Å². The first-order valence-electron chi connectivity index (χ1n) is 10.9. The molecule has 2 heterocycles. The summed E-state index contributed by atoms with van der Waals surface area (Å²) in [5, 5.41) is 0.430.